The number of nitriles is 2. The van der Waals surface area contributed by atoms with E-state index in [1.54, 1.807) is 0 Å². The van der Waals surface area contributed by atoms with E-state index in [1.165, 1.54) is 0 Å². The van der Waals surface area contributed by atoms with Gasteiger partial charge in [0, 0.05) is 45.3 Å². The Morgan fingerprint density at radius 3 is 0.875 bits per heavy atom. The van der Waals surface area contributed by atoms with E-state index in [0.717, 1.165) is 67.2 Å². The fourth-order valence-electron chi connectivity index (χ4n) is 7.46. The molecule has 0 saturated carbocycles. The molecule has 8 aromatic carbocycles. The van der Waals surface area contributed by atoms with E-state index in [-0.39, 0.29) is 11.4 Å². The fourth-order valence-corrected chi connectivity index (χ4v) is 7.46. The van der Waals surface area contributed by atoms with E-state index in [4.69, 9.17) is 9.97 Å². The van der Waals surface area contributed by atoms with Crippen molar-refractivity contribution in [1.82, 2.24) is 9.97 Å². The molecule has 56 heavy (non-hydrogen) atoms. The number of benzene rings is 8. The average Bonchev–Trinajstić information content (AvgIpc) is 3.27. The van der Waals surface area contributed by atoms with E-state index in [2.05, 4.69) is 131 Å². The number of anilines is 6. The number of aromatic nitrogens is 2. The van der Waals surface area contributed by atoms with Crippen molar-refractivity contribution in [2.45, 2.75) is 0 Å². The molecule has 262 valence electrons. The number of para-hydroxylation sites is 4. The first kappa shape index (κ1) is 33.8. The summed E-state index contributed by atoms with van der Waals surface area (Å²) in [5, 5.41) is 22.2. The van der Waals surface area contributed by atoms with Gasteiger partial charge in [-0.3, -0.25) is 0 Å². The summed E-state index contributed by atoms with van der Waals surface area (Å²) in [7, 11) is 0. The van der Waals surface area contributed by atoms with Crippen LogP contribution in [0.1, 0.15) is 11.4 Å². The van der Waals surface area contributed by atoms with Gasteiger partial charge in [-0.2, -0.15) is 10.5 Å². The van der Waals surface area contributed by atoms with E-state index in [0.29, 0.717) is 11.0 Å². The van der Waals surface area contributed by atoms with Crippen LogP contribution in [0.5, 0.6) is 0 Å². The molecule has 0 amide bonds. The molecule has 0 radical (unpaired) electrons. The van der Waals surface area contributed by atoms with Crippen LogP contribution in [0.2, 0.25) is 0 Å². The summed E-state index contributed by atoms with van der Waals surface area (Å²) < 4.78 is 0. The largest absolute Gasteiger partial charge is 0.311 e. The Morgan fingerprint density at radius 2 is 0.589 bits per heavy atom. The molecule has 0 aliphatic carbocycles. The molecule has 9 aromatic rings. The topological polar surface area (TPSA) is 79.8 Å². The van der Waals surface area contributed by atoms with Gasteiger partial charge in [-0.1, -0.05) is 121 Å². The third-order valence-corrected chi connectivity index (χ3v) is 9.93. The molecule has 1 aromatic heterocycles. The summed E-state index contributed by atoms with van der Waals surface area (Å²) in [5.74, 6) is 0. The highest BCUT2D eigenvalue weighted by Gasteiger charge is 2.22. The molecule has 0 aliphatic rings. The lowest BCUT2D eigenvalue weighted by Gasteiger charge is -2.26. The first-order chi connectivity index (χ1) is 27.7. The number of hydrogen-bond acceptors (Lipinski definition) is 6. The number of fused-ring (bicyclic) bond motifs is 2. The van der Waals surface area contributed by atoms with Gasteiger partial charge in [0.1, 0.15) is 12.1 Å². The van der Waals surface area contributed by atoms with Gasteiger partial charge in [0.15, 0.2) is 11.4 Å². The molecule has 0 fully saturated rings. The van der Waals surface area contributed by atoms with Crippen molar-refractivity contribution in [2.75, 3.05) is 9.80 Å². The monoisotopic (exact) mass is 716 g/mol. The van der Waals surface area contributed by atoms with Crippen LogP contribution in [0.4, 0.5) is 34.1 Å². The Labute approximate surface area is 325 Å². The first-order valence-corrected chi connectivity index (χ1v) is 18.3. The minimum atomic E-state index is -0.00450. The molecular weight excluding hydrogens is 685 g/mol. The standard InChI is InChI=1S/C50H32N6/c51-33-45-46(34-52)54-50-48(36-27-31-42(32-28-36)56(39-19-9-3-10-20-39)40-21-11-4-12-22-40)44-24-14-13-23-43(44)47(49(50)53-45)35-25-29-41(30-26-35)55(37-15-5-1-6-16-37)38-17-7-2-8-18-38/h1-32H. The molecule has 0 bridgehead atoms. The normalized spacial score (nSPS) is 10.8. The zero-order valence-electron chi connectivity index (χ0n) is 30.2. The number of hydrogen-bond donors (Lipinski definition) is 0. The van der Waals surface area contributed by atoms with Crippen molar-refractivity contribution < 1.29 is 0 Å². The van der Waals surface area contributed by atoms with E-state index >= 15 is 0 Å². The van der Waals surface area contributed by atoms with Crippen molar-refractivity contribution >= 4 is 55.9 Å². The van der Waals surface area contributed by atoms with Gasteiger partial charge >= 0.3 is 0 Å². The lowest BCUT2D eigenvalue weighted by Crippen LogP contribution is -2.09. The molecule has 1 heterocycles. The van der Waals surface area contributed by atoms with Crippen molar-refractivity contribution in [3.05, 3.63) is 206 Å². The highest BCUT2D eigenvalue weighted by molar-refractivity contribution is 6.19. The van der Waals surface area contributed by atoms with Gasteiger partial charge in [0.05, 0.1) is 11.0 Å². The Morgan fingerprint density at radius 1 is 0.321 bits per heavy atom. The molecule has 0 unspecified atom stereocenters. The Kier molecular flexibility index (Phi) is 8.89. The van der Waals surface area contributed by atoms with Crippen LogP contribution >= 0.6 is 0 Å². The average molecular weight is 717 g/mol. The van der Waals surface area contributed by atoms with E-state index < -0.39 is 0 Å². The summed E-state index contributed by atoms with van der Waals surface area (Å²) in [6.45, 7) is 0. The fraction of sp³-hybridized carbons (Fsp3) is 0. The molecule has 0 saturated heterocycles. The number of nitrogens with zero attached hydrogens (tertiary/aromatic N) is 6. The van der Waals surface area contributed by atoms with Gasteiger partial charge in [0.25, 0.3) is 0 Å². The Bertz CT molecular complexity index is 2620. The zero-order chi connectivity index (χ0) is 37.8. The van der Waals surface area contributed by atoms with Crippen LogP contribution < -0.4 is 9.80 Å². The van der Waals surface area contributed by atoms with Gasteiger partial charge in [0.2, 0.25) is 0 Å². The van der Waals surface area contributed by atoms with Crippen LogP contribution in [0.15, 0.2) is 194 Å². The molecule has 9 rings (SSSR count). The Balaban J connectivity index is 1.22. The predicted molar refractivity (Wildman–Crippen MR) is 227 cm³/mol. The highest BCUT2D eigenvalue weighted by Crippen LogP contribution is 2.44. The molecule has 0 N–H and O–H groups in total. The lowest BCUT2D eigenvalue weighted by atomic mass is 9.89. The van der Waals surface area contributed by atoms with Gasteiger partial charge < -0.3 is 9.80 Å². The van der Waals surface area contributed by atoms with Crippen molar-refractivity contribution in [3.63, 3.8) is 0 Å². The summed E-state index contributed by atoms with van der Waals surface area (Å²) in [6.07, 6.45) is 0. The van der Waals surface area contributed by atoms with Crippen molar-refractivity contribution in [1.29, 1.82) is 10.5 Å². The second-order valence-electron chi connectivity index (χ2n) is 13.2. The van der Waals surface area contributed by atoms with Crippen LogP contribution in [0.25, 0.3) is 44.1 Å². The summed E-state index contributed by atoms with van der Waals surface area (Å²) in [4.78, 5) is 14.2. The highest BCUT2D eigenvalue weighted by atomic mass is 15.1. The van der Waals surface area contributed by atoms with E-state index in [9.17, 15) is 10.5 Å². The minimum absolute atomic E-state index is 0.00450. The second kappa shape index (κ2) is 14.8. The third kappa shape index (κ3) is 6.14. The molecular formula is C50H32N6. The quantitative estimate of drug-likeness (QED) is 0.146. The summed E-state index contributed by atoms with van der Waals surface area (Å²) in [6, 6.07) is 70.4. The maximum atomic E-state index is 10.1. The molecule has 0 aliphatic heterocycles. The maximum Gasteiger partial charge on any atom is 0.177 e. The predicted octanol–water partition coefficient (Wildman–Crippen LogP) is 12.8. The van der Waals surface area contributed by atoms with Crippen LogP contribution in [0.3, 0.4) is 0 Å². The maximum absolute atomic E-state index is 10.1. The first-order valence-electron chi connectivity index (χ1n) is 18.3. The summed E-state index contributed by atoms with van der Waals surface area (Å²) in [5.41, 5.74) is 10.8. The third-order valence-electron chi connectivity index (χ3n) is 9.93. The van der Waals surface area contributed by atoms with Crippen LogP contribution in [-0.2, 0) is 0 Å². The molecule has 6 heteroatoms. The minimum Gasteiger partial charge on any atom is -0.311 e. The van der Waals surface area contributed by atoms with Crippen molar-refractivity contribution in [3.8, 4) is 34.4 Å². The van der Waals surface area contributed by atoms with Gasteiger partial charge in [-0.15, -0.1) is 0 Å². The second-order valence-corrected chi connectivity index (χ2v) is 13.2. The van der Waals surface area contributed by atoms with Gasteiger partial charge in [-0.25, -0.2) is 9.97 Å². The number of rotatable bonds is 8. The van der Waals surface area contributed by atoms with Crippen LogP contribution in [-0.4, -0.2) is 9.97 Å². The lowest BCUT2D eigenvalue weighted by molar-refractivity contribution is 1.20. The SMILES string of the molecule is N#Cc1nc2c(-c3ccc(N(c4ccccc4)c4ccccc4)cc3)c3ccccc3c(-c3ccc(N(c4ccccc4)c4ccccc4)cc3)c2nc1C#N. The molecule has 0 spiro atoms. The van der Waals surface area contributed by atoms with E-state index in [1.807, 2.05) is 84.9 Å². The summed E-state index contributed by atoms with van der Waals surface area (Å²) >= 11 is 0. The smallest absolute Gasteiger partial charge is 0.177 e. The van der Waals surface area contributed by atoms with Gasteiger partial charge in [-0.05, 0) is 94.7 Å². The zero-order valence-corrected chi connectivity index (χ0v) is 30.2. The van der Waals surface area contributed by atoms with Crippen LogP contribution in [0, 0.1) is 22.7 Å². The van der Waals surface area contributed by atoms with Crippen molar-refractivity contribution in [2.24, 2.45) is 0 Å². The molecule has 6 nitrogen and oxygen atoms in total. The Hall–Kier alpha value is -8.06. The molecule has 0 atom stereocenters.